The number of benzene rings is 1. The van der Waals surface area contributed by atoms with Crippen LogP contribution in [0.5, 0.6) is 0 Å². The van der Waals surface area contributed by atoms with Crippen molar-refractivity contribution in [2.24, 2.45) is 0 Å². The summed E-state index contributed by atoms with van der Waals surface area (Å²) < 4.78 is 24.4. The van der Waals surface area contributed by atoms with Crippen molar-refractivity contribution in [2.45, 2.75) is 6.92 Å². The van der Waals surface area contributed by atoms with Gasteiger partial charge in [-0.1, -0.05) is 28.9 Å². The lowest BCUT2D eigenvalue weighted by atomic mass is 10.0. The van der Waals surface area contributed by atoms with Crippen LogP contribution in [0.1, 0.15) is 5.76 Å². The molecule has 2 N–H and O–H groups in total. The van der Waals surface area contributed by atoms with Crippen LogP contribution < -0.4 is 5.73 Å². The Morgan fingerprint density at radius 1 is 1.25 bits per heavy atom. The van der Waals surface area contributed by atoms with E-state index in [-0.39, 0.29) is 16.5 Å². The van der Waals surface area contributed by atoms with Gasteiger partial charge in [0.1, 0.15) is 17.3 Å². The van der Waals surface area contributed by atoms with Crippen molar-refractivity contribution >= 4 is 17.5 Å². The molecule has 0 saturated heterocycles. The fourth-order valence-corrected chi connectivity index (χ4v) is 2.25. The van der Waals surface area contributed by atoms with Crippen molar-refractivity contribution in [3.8, 4) is 22.4 Å². The zero-order valence-electron chi connectivity index (χ0n) is 10.5. The summed E-state index contributed by atoms with van der Waals surface area (Å²) in [5.41, 5.74) is 7.51. The first kappa shape index (κ1) is 12.7. The molecule has 6 heteroatoms. The number of nitrogens with two attached hydrogens (primary N) is 1. The average Bonchev–Trinajstić information content (AvgIpc) is 2.99. The van der Waals surface area contributed by atoms with Gasteiger partial charge in [0, 0.05) is 11.1 Å². The minimum absolute atomic E-state index is 0.0120. The summed E-state index contributed by atoms with van der Waals surface area (Å²) in [7, 11) is 0. The number of aromatic nitrogens is 1. The van der Waals surface area contributed by atoms with Crippen molar-refractivity contribution < 1.29 is 13.3 Å². The molecule has 0 atom stereocenters. The van der Waals surface area contributed by atoms with Gasteiger partial charge in [0.15, 0.2) is 0 Å². The highest BCUT2D eigenvalue weighted by atomic mass is 35.5. The normalized spacial score (nSPS) is 10.9. The molecule has 1 aromatic carbocycles. The van der Waals surface area contributed by atoms with E-state index >= 15 is 0 Å². The van der Waals surface area contributed by atoms with Gasteiger partial charge in [0.25, 0.3) is 0 Å². The minimum atomic E-state index is -0.563. The molecule has 0 saturated carbocycles. The molecule has 2 heterocycles. The first-order valence-corrected chi connectivity index (χ1v) is 6.21. The summed E-state index contributed by atoms with van der Waals surface area (Å²) in [6, 6.07) is 6.40. The van der Waals surface area contributed by atoms with Gasteiger partial charge in [-0.2, -0.15) is 0 Å². The van der Waals surface area contributed by atoms with Crippen LogP contribution in [0.25, 0.3) is 22.4 Å². The van der Waals surface area contributed by atoms with E-state index in [1.54, 1.807) is 25.1 Å². The molecule has 2 aromatic heterocycles. The SMILES string of the molecule is Cc1occc1-c1noc(N)c1-c1cccc(Cl)c1F. The fourth-order valence-electron chi connectivity index (χ4n) is 2.07. The number of anilines is 1. The average molecular weight is 293 g/mol. The van der Waals surface area contributed by atoms with Crippen LogP contribution >= 0.6 is 11.6 Å². The number of rotatable bonds is 2. The zero-order valence-corrected chi connectivity index (χ0v) is 11.2. The van der Waals surface area contributed by atoms with E-state index in [4.69, 9.17) is 26.3 Å². The summed E-state index contributed by atoms with van der Waals surface area (Å²) in [5.74, 6) is 0.107. The number of furan rings is 1. The number of halogens is 2. The van der Waals surface area contributed by atoms with E-state index in [0.717, 1.165) is 0 Å². The molecule has 0 aliphatic heterocycles. The van der Waals surface area contributed by atoms with Gasteiger partial charge in [-0.25, -0.2) is 4.39 Å². The molecule has 3 aromatic rings. The first-order valence-electron chi connectivity index (χ1n) is 5.83. The standard InChI is InChI=1S/C14H10ClFN2O2/c1-7-8(5-6-19-7)13-11(14(17)20-18-13)9-3-2-4-10(15)12(9)16/h2-6H,17H2,1H3. The Hall–Kier alpha value is -2.27. The number of aryl methyl sites for hydroxylation is 1. The predicted molar refractivity (Wildman–Crippen MR) is 73.8 cm³/mol. The zero-order chi connectivity index (χ0) is 14.3. The number of nitrogens with zero attached hydrogens (tertiary/aromatic N) is 1. The van der Waals surface area contributed by atoms with Crippen molar-refractivity contribution in [2.75, 3.05) is 5.73 Å². The maximum absolute atomic E-state index is 14.2. The second-order valence-corrected chi connectivity index (χ2v) is 4.67. The molecule has 0 amide bonds. The molecule has 0 aliphatic rings. The predicted octanol–water partition coefficient (Wildman–Crippen LogP) is 4.28. The second-order valence-electron chi connectivity index (χ2n) is 4.26. The summed E-state index contributed by atoms with van der Waals surface area (Å²) in [5, 5.41) is 3.91. The molecule has 0 spiro atoms. The van der Waals surface area contributed by atoms with Gasteiger partial charge >= 0.3 is 0 Å². The molecule has 0 bridgehead atoms. The van der Waals surface area contributed by atoms with Crippen molar-refractivity contribution in [3.63, 3.8) is 0 Å². The molecule has 3 rings (SSSR count). The topological polar surface area (TPSA) is 65.2 Å². The van der Waals surface area contributed by atoms with Gasteiger partial charge in [-0.15, -0.1) is 0 Å². The Morgan fingerprint density at radius 3 is 2.75 bits per heavy atom. The molecule has 0 fully saturated rings. The highest BCUT2D eigenvalue weighted by molar-refractivity contribution is 6.31. The van der Waals surface area contributed by atoms with Crippen molar-refractivity contribution in [1.82, 2.24) is 5.16 Å². The van der Waals surface area contributed by atoms with Crippen LogP contribution in [0.3, 0.4) is 0 Å². The first-order chi connectivity index (χ1) is 9.59. The third kappa shape index (κ3) is 1.87. The lowest BCUT2D eigenvalue weighted by Crippen LogP contribution is -1.91. The van der Waals surface area contributed by atoms with Gasteiger partial charge in [-0.3, -0.25) is 0 Å². The van der Waals surface area contributed by atoms with E-state index in [2.05, 4.69) is 5.16 Å². The van der Waals surface area contributed by atoms with Gasteiger partial charge < -0.3 is 14.7 Å². The van der Waals surface area contributed by atoms with Crippen LogP contribution in [-0.2, 0) is 0 Å². The lowest BCUT2D eigenvalue weighted by molar-refractivity contribution is 0.439. The highest BCUT2D eigenvalue weighted by Crippen LogP contribution is 2.40. The minimum Gasteiger partial charge on any atom is -0.469 e. The Kier molecular flexibility index (Phi) is 2.99. The van der Waals surface area contributed by atoms with Crippen LogP contribution in [0.15, 0.2) is 39.5 Å². The lowest BCUT2D eigenvalue weighted by Gasteiger charge is -2.04. The largest absolute Gasteiger partial charge is 0.469 e. The number of hydrogen-bond donors (Lipinski definition) is 1. The van der Waals surface area contributed by atoms with Crippen molar-refractivity contribution in [3.05, 3.63) is 47.1 Å². The maximum Gasteiger partial charge on any atom is 0.230 e. The molecule has 4 nitrogen and oxygen atoms in total. The summed E-state index contributed by atoms with van der Waals surface area (Å²) in [6.45, 7) is 1.78. The summed E-state index contributed by atoms with van der Waals surface area (Å²) in [4.78, 5) is 0. The third-order valence-corrected chi connectivity index (χ3v) is 3.35. The quantitative estimate of drug-likeness (QED) is 0.765. The molecule has 102 valence electrons. The Labute approximate surface area is 118 Å². The van der Waals surface area contributed by atoms with Crippen LogP contribution in [-0.4, -0.2) is 5.16 Å². The van der Waals surface area contributed by atoms with Gasteiger partial charge in [0.2, 0.25) is 5.88 Å². The Bertz CT molecular complexity index is 779. The Morgan fingerprint density at radius 2 is 2.05 bits per heavy atom. The maximum atomic E-state index is 14.2. The smallest absolute Gasteiger partial charge is 0.230 e. The highest BCUT2D eigenvalue weighted by Gasteiger charge is 2.23. The summed E-state index contributed by atoms with van der Waals surface area (Å²) in [6.07, 6.45) is 1.52. The molecule has 0 aliphatic carbocycles. The van der Waals surface area contributed by atoms with Crippen molar-refractivity contribution in [1.29, 1.82) is 0 Å². The Balaban J connectivity index is 2.27. The second kappa shape index (κ2) is 4.68. The van der Waals surface area contributed by atoms with E-state index in [0.29, 0.717) is 22.6 Å². The van der Waals surface area contributed by atoms with E-state index in [1.165, 1.54) is 12.3 Å². The molecule has 20 heavy (non-hydrogen) atoms. The molecule has 0 unspecified atom stereocenters. The van der Waals surface area contributed by atoms with Gasteiger partial charge in [0.05, 0.1) is 16.8 Å². The summed E-state index contributed by atoms with van der Waals surface area (Å²) >= 11 is 5.81. The van der Waals surface area contributed by atoms with E-state index in [9.17, 15) is 4.39 Å². The molecular weight excluding hydrogens is 283 g/mol. The van der Waals surface area contributed by atoms with Crippen LogP contribution in [0.4, 0.5) is 10.3 Å². The van der Waals surface area contributed by atoms with E-state index < -0.39 is 5.82 Å². The third-order valence-electron chi connectivity index (χ3n) is 3.05. The fraction of sp³-hybridized carbons (Fsp3) is 0.0714. The molecule has 0 radical (unpaired) electrons. The monoisotopic (exact) mass is 292 g/mol. The van der Waals surface area contributed by atoms with Crippen LogP contribution in [0, 0.1) is 12.7 Å². The van der Waals surface area contributed by atoms with E-state index in [1.807, 2.05) is 0 Å². The van der Waals surface area contributed by atoms with Gasteiger partial charge in [-0.05, 0) is 19.1 Å². The number of nitrogen functional groups attached to an aromatic ring is 1. The van der Waals surface area contributed by atoms with Crippen LogP contribution in [0.2, 0.25) is 5.02 Å². The number of hydrogen-bond acceptors (Lipinski definition) is 4. The molecular formula is C14H10ClFN2O2.